The lowest BCUT2D eigenvalue weighted by Crippen LogP contribution is -2.53. The van der Waals surface area contributed by atoms with Gasteiger partial charge in [-0.2, -0.15) is 0 Å². The van der Waals surface area contributed by atoms with Gasteiger partial charge in [-0.15, -0.1) is 0 Å². The largest absolute Gasteiger partial charge is 0.481 e. The average Bonchev–Trinajstić information content (AvgIpc) is 3.23. The van der Waals surface area contributed by atoms with Crippen LogP contribution in [0.25, 0.3) is 11.1 Å². The first-order valence-corrected chi connectivity index (χ1v) is 12.6. The number of carbonyl (C=O) groups excluding carboxylic acids is 2. The van der Waals surface area contributed by atoms with E-state index in [-0.39, 0.29) is 44.5 Å². The molecule has 0 fully saturated rings. The highest BCUT2D eigenvalue weighted by atomic mass is 16.5. The molecule has 198 valence electrons. The van der Waals surface area contributed by atoms with E-state index in [1.54, 1.807) is 19.0 Å². The maximum absolute atomic E-state index is 13.6. The molecule has 1 atom stereocenters. The van der Waals surface area contributed by atoms with E-state index in [9.17, 15) is 19.5 Å². The lowest BCUT2D eigenvalue weighted by molar-refractivity contribution is -0.139. The monoisotopic (exact) mass is 515 g/mol. The average molecular weight is 516 g/mol. The van der Waals surface area contributed by atoms with E-state index in [1.165, 1.54) is 4.90 Å². The van der Waals surface area contributed by atoms with E-state index in [4.69, 9.17) is 4.74 Å². The fraction of sp³-hybridized carbons (Fsp3) is 0.300. The van der Waals surface area contributed by atoms with Crippen LogP contribution in [0.15, 0.2) is 78.9 Å². The number of amides is 2. The first kappa shape index (κ1) is 26.9. The molecule has 1 unspecified atom stereocenters. The number of alkyl carbamates (subject to hydrolysis) is 1. The highest BCUT2D eigenvalue weighted by molar-refractivity contribution is 5.86. The molecule has 4 rings (SSSR count). The second-order valence-corrected chi connectivity index (χ2v) is 9.67. The molecule has 0 spiro atoms. The van der Waals surface area contributed by atoms with Crippen molar-refractivity contribution in [1.82, 2.24) is 15.1 Å². The first-order valence-electron chi connectivity index (χ1n) is 12.6. The molecule has 0 saturated carbocycles. The zero-order valence-corrected chi connectivity index (χ0v) is 21.7. The minimum absolute atomic E-state index is 0.0271. The van der Waals surface area contributed by atoms with Crippen molar-refractivity contribution in [3.8, 4) is 11.1 Å². The van der Waals surface area contributed by atoms with Crippen LogP contribution in [0.1, 0.15) is 29.0 Å². The number of carbonyl (C=O) groups is 3. The molecule has 3 aromatic carbocycles. The number of hydrogen-bond donors (Lipinski definition) is 2. The fourth-order valence-electron chi connectivity index (χ4n) is 4.85. The van der Waals surface area contributed by atoms with Gasteiger partial charge < -0.3 is 25.0 Å². The van der Waals surface area contributed by atoms with Crippen LogP contribution in [0.5, 0.6) is 0 Å². The van der Waals surface area contributed by atoms with Gasteiger partial charge in [-0.3, -0.25) is 9.59 Å². The van der Waals surface area contributed by atoms with E-state index in [0.29, 0.717) is 0 Å². The molecule has 8 nitrogen and oxygen atoms in total. The van der Waals surface area contributed by atoms with Gasteiger partial charge in [0, 0.05) is 25.6 Å². The third-order valence-electron chi connectivity index (χ3n) is 6.61. The van der Waals surface area contributed by atoms with Crippen LogP contribution in [-0.2, 0) is 20.9 Å². The maximum atomic E-state index is 13.6. The van der Waals surface area contributed by atoms with Gasteiger partial charge in [0.05, 0.1) is 6.42 Å². The Hall–Kier alpha value is -4.17. The summed E-state index contributed by atoms with van der Waals surface area (Å²) in [6.07, 6.45) is -0.886. The summed E-state index contributed by atoms with van der Waals surface area (Å²) in [5.41, 5.74) is 5.34. The van der Waals surface area contributed by atoms with Crippen molar-refractivity contribution in [2.24, 2.45) is 0 Å². The number of benzene rings is 3. The maximum Gasteiger partial charge on any atom is 0.407 e. The van der Waals surface area contributed by atoms with E-state index in [0.717, 1.165) is 27.8 Å². The zero-order valence-electron chi connectivity index (χ0n) is 21.7. The Morgan fingerprint density at radius 2 is 1.47 bits per heavy atom. The van der Waals surface area contributed by atoms with Crippen LogP contribution in [0, 0.1) is 0 Å². The van der Waals surface area contributed by atoms with Crippen molar-refractivity contribution < 1.29 is 24.2 Å². The predicted octanol–water partition coefficient (Wildman–Crippen LogP) is 3.96. The minimum Gasteiger partial charge on any atom is -0.481 e. The normalized spacial score (nSPS) is 12.9. The summed E-state index contributed by atoms with van der Waals surface area (Å²) in [7, 11) is 3.61. The summed E-state index contributed by atoms with van der Waals surface area (Å²) in [4.78, 5) is 41.0. The molecule has 8 heteroatoms. The van der Waals surface area contributed by atoms with Crippen molar-refractivity contribution in [1.29, 1.82) is 0 Å². The Morgan fingerprint density at radius 3 is 2.05 bits per heavy atom. The topological polar surface area (TPSA) is 99.2 Å². The summed E-state index contributed by atoms with van der Waals surface area (Å²) < 4.78 is 5.66. The second-order valence-electron chi connectivity index (χ2n) is 9.67. The lowest BCUT2D eigenvalue weighted by Gasteiger charge is -2.29. The fourth-order valence-corrected chi connectivity index (χ4v) is 4.85. The molecule has 1 aliphatic rings. The summed E-state index contributed by atoms with van der Waals surface area (Å²) >= 11 is 0. The van der Waals surface area contributed by atoms with Gasteiger partial charge in [0.15, 0.2) is 0 Å². The van der Waals surface area contributed by atoms with E-state index in [1.807, 2.05) is 66.7 Å². The zero-order chi connectivity index (χ0) is 27.1. The lowest BCUT2D eigenvalue weighted by atomic mass is 9.98. The molecule has 0 radical (unpaired) electrons. The van der Waals surface area contributed by atoms with Crippen molar-refractivity contribution in [3.05, 3.63) is 95.6 Å². The Bertz CT molecular complexity index is 1230. The Labute approximate surface area is 222 Å². The van der Waals surface area contributed by atoms with Crippen molar-refractivity contribution >= 4 is 18.0 Å². The molecule has 0 aliphatic heterocycles. The standard InChI is InChI=1S/C30H33N3O5/c1-32(2)19-27(29(36)33(17-16-28(34)35)18-21-10-4-3-5-11-21)31-30(37)38-20-26-24-14-8-6-12-22(24)23-13-7-9-15-25(23)26/h3-15,26-27H,16-20H2,1-2H3,(H,31,37)(H,34,35). The van der Waals surface area contributed by atoms with Crippen LogP contribution in [0.3, 0.4) is 0 Å². The first-order chi connectivity index (χ1) is 18.3. The molecule has 1 aliphatic carbocycles. The molecule has 0 saturated heterocycles. The van der Waals surface area contributed by atoms with Gasteiger partial charge in [0.1, 0.15) is 12.6 Å². The molecule has 0 bridgehead atoms. The van der Waals surface area contributed by atoms with Gasteiger partial charge in [-0.25, -0.2) is 4.79 Å². The molecular formula is C30H33N3O5. The highest BCUT2D eigenvalue weighted by Gasteiger charge is 2.31. The van der Waals surface area contributed by atoms with Gasteiger partial charge in [0.25, 0.3) is 0 Å². The van der Waals surface area contributed by atoms with E-state index < -0.39 is 18.1 Å². The van der Waals surface area contributed by atoms with Crippen molar-refractivity contribution in [2.45, 2.75) is 24.9 Å². The molecule has 2 N–H and O–H groups in total. The minimum atomic E-state index is -0.996. The second kappa shape index (κ2) is 12.4. The molecule has 0 aromatic heterocycles. The SMILES string of the molecule is CN(C)CC(NC(=O)OCC1c2ccccc2-c2ccccc21)C(=O)N(CCC(=O)O)Cc1ccccc1. The Kier molecular flexibility index (Phi) is 8.76. The number of hydrogen-bond acceptors (Lipinski definition) is 5. The molecule has 0 heterocycles. The number of carboxylic acid groups (broad SMARTS) is 1. The smallest absolute Gasteiger partial charge is 0.407 e. The number of nitrogens with zero attached hydrogens (tertiary/aromatic N) is 2. The van der Waals surface area contributed by atoms with Gasteiger partial charge in [0.2, 0.25) is 5.91 Å². The predicted molar refractivity (Wildman–Crippen MR) is 145 cm³/mol. The molecule has 2 amide bonds. The number of fused-ring (bicyclic) bond motifs is 3. The van der Waals surface area contributed by atoms with E-state index >= 15 is 0 Å². The summed E-state index contributed by atoms with van der Waals surface area (Å²) in [5.74, 6) is -1.46. The third-order valence-corrected chi connectivity index (χ3v) is 6.61. The van der Waals surface area contributed by atoms with Crippen molar-refractivity contribution in [2.75, 3.05) is 33.8 Å². The number of carboxylic acids is 1. The number of likely N-dealkylation sites (N-methyl/N-ethyl adjacent to an activating group) is 1. The van der Waals surface area contributed by atoms with Gasteiger partial charge in [-0.1, -0.05) is 78.9 Å². The quantitative estimate of drug-likeness (QED) is 0.401. The summed E-state index contributed by atoms with van der Waals surface area (Å²) in [5, 5.41) is 11.9. The van der Waals surface area contributed by atoms with Crippen LogP contribution in [-0.4, -0.2) is 72.7 Å². The molecule has 3 aromatic rings. The number of nitrogens with one attached hydrogen (secondary N) is 1. The number of rotatable bonds is 11. The molecular weight excluding hydrogens is 482 g/mol. The van der Waals surface area contributed by atoms with Gasteiger partial charge >= 0.3 is 12.1 Å². The third kappa shape index (κ3) is 6.58. The Balaban J connectivity index is 1.46. The van der Waals surface area contributed by atoms with Crippen LogP contribution in [0.4, 0.5) is 4.79 Å². The van der Waals surface area contributed by atoms with Gasteiger partial charge in [-0.05, 0) is 41.9 Å². The number of aliphatic carboxylic acids is 1. The van der Waals surface area contributed by atoms with Crippen LogP contribution >= 0.6 is 0 Å². The van der Waals surface area contributed by atoms with Crippen LogP contribution in [0.2, 0.25) is 0 Å². The Morgan fingerprint density at radius 1 is 0.895 bits per heavy atom. The highest BCUT2D eigenvalue weighted by Crippen LogP contribution is 2.44. The van der Waals surface area contributed by atoms with E-state index in [2.05, 4.69) is 17.4 Å². The van der Waals surface area contributed by atoms with Crippen LogP contribution < -0.4 is 5.32 Å². The summed E-state index contributed by atoms with van der Waals surface area (Å²) in [6, 6.07) is 24.6. The number of ether oxygens (including phenoxy) is 1. The molecule has 38 heavy (non-hydrogen) atoms. The summed E-state index contributed by atoms with van der Waals surface area (Å²) in [6.45, 7) is 0.638. The van der Waals surface area contributed by atoms with Crippen molar-refractivity contribution in [3.63, 3.8) is 0 Å².